The Morgan fingerprint density at radius 2 is 1.61 bits per heavy atom. The molecule has 38 heavy (non-hydrogen) atoms. The number of likely N-dealkylation sites (tertiary alicyclic amines) is 1. The van der Waals surface area contributed by atoms with Crippen molar-refractivity contribution < 1.29 is 18.8 Å². The predicted octanol–water partition coefficient (Wildman–Crippen LogP) is 4.86. The number of anilines is 2. The van der Waals surface area contributed by atoms with Gasteiger partial charge in [0.1, 0.15) is 5.82 Å². The zero-order valence-corrected chi connectivity index (χ0v) is 21.6. The second-order valence-electron chi connectivity index (χ2n) is 8.76. The number of carbonyl (C=O) groups excluding carboxylic acids is 3. The van der Waals surface area contributed by atoms with Gasteiger partial charge in [-0.15, -0.1) is 0 Å². The maximum absolute atomic E-state index is 13.5. The second kappa shape index (κ2) is 14.7. The lowest BCUT2D eigenvalue weighted by Crippen LogP contribution is -2.36. The molecular weight excluding hydrogens is 511 g/mol. The molecule has 1 saturated carbocycles. The first-order valence-electron chi connectivity index (χ1n) is 12.3. The Hall–Kier alpha value is -3.98. The van der Waals surface area contributed by atoms with Gasteiger partial charge in [-0.2, -0.15) is 0 Å². The molecule has 200 valence electrons. The first-order chi connectivity index (χ1) is 18.4. The third kappa shape index (κ3) is 8.85. The highest BCUT2D eigenvalue weighted by atomic mass is 35.5. The minimum atomic E-state index is -0.592. The van der Waals surface area contributed by atoms with E-state index in [1.807, 2.05) is 0 Å². The van der Waals surface area contributed by atoms with Crippen LogP contribution in [0.3, 0.4) is 0 Å². The van der Waals surface area contributed by atoms with Crippen LogP contribution in [0.1, 0.15) is 32.1 Å². The Balaban J connectivity index is 0.000000166. The van der Waals surface area contributed by atoms with Gasteiger partial charge in [0.2, 0.25) is 18.7 Å². The van der Waals surface area contributed by atoms with Crippen molar-refractivity contribution in [2.45, 2.75) is 32.1 Å². The first-order valence-corrected chi connectivity index (χ1v) is 12.7. The molecule has 5 rings (SSSR count). The van der Waals surface area contributed by atoms with E-state index in [1.54, 1.807) is 48.7 Å². The zero-order chi connectivity index (χ0) is 27.3. The van der Waals surface area contributed by atoms with Crippen LogP contribution in [0.2, 0.25) is 5.02 Å². The molecule has 10 heteroatoms. The average molecular weight is 541 g/mol. The van der Waals surface area contributed by atoms with E-state index in [0.717, 1.165) is 31.6 Å². The van der Waals surface area contributed by atoms with Gasteiger partial charge in [-0.05, 0) is 74.6 Å². The topological polar surface area (TPSA) is 101 Å². The molecular formula is C28H30ClFN4O4. The van der Waals surface area contributed by atoms with Gasteiger partial charge in [-0.25, -0.2) is 4.39 Å². The molecule has 1 aromatic heterocycles. The molecule has 2 heterocycles. The van der Waals surface area contributed by atoms with Crippen molar-refractivity contribution in [2.75, 3.05) is 23.7 Å². The predicted molar refractivity (Wildman–Crippen MR) is 146 cm³/mol. The summed E-state index contributed by atoms with van der Waals surface area (Å²) >= 11 is 5.60. The number of rotatable bonds is 6. The molecule has 2 fully saturated rings. The number of halogens is 2. The van der Waals surface area contributed by atoms with Gasteiger partial charge in [0.25, 0.3) is 5.56 Å². The Bertz CT molecular complexity index is 1270. The van der Waals surface area contributed by atoms with Crippen molar-refractivity contribution in [1.82, 2.24) is 9.47 Å². The largest absolute Gasteiger partial charge is 0.342 e. The van der Waals surface area contributed by atoms with Crippen LogP contribution in [-0.2, 0) is 14.4 Å². The number of benzene rings is 2. The molecule has 0 bridgehead atoms. The minimum absolute atomic E-state index is 0.0766. The molecule has 1 aliphatic heterocycles. The van der Waals surface area contributed by atoms with Crippen LogP contribution in [0.5, 0.6) is 0 Å². The molecule has 0 spiro atoms. The fourth-order valence-electron chi connectivity index (χ4n) is 3.79. The summed E-state index contributed by atoms with van der Waals surface area (Å²) in [5, 5.41) is 5.39. The van der Waals surface area contributed by atoms with Crippen LogP contribution in [0.15, 0.2) is 71.7 Å². The summed E-state index contributed by atoms with van der Waals surface area (Å²) in [6.45, 7) is 2.05. The van der Waals surface area contributed by atoms with E-state index < -0.39 is 5.82 Å². The molecule has 2 aromatic carbocycles. The van der Waals surface area contributed by atoms with E-state index in [-0.39, 0.29) is 11.2 Å². The molecule has 0 unspecified atom stereocenters. The summed E-state index contributed by atoms with van der Waals surface area (Å²) in [6.07, 6.45) is 8.62. The SMILES string of the molecule is O=C(C1CC1)N1CCCCC1.O=CNc1ccc(-n2ccccc2=O)cc1F.O=CNc1ccc(Cl)cc1. The fraction of sp³-hybridized carbons (Fsp3) is 0.286. The zero-order valence-electron chi connectivity index (χ0n) is 20.8. The van der Waals surface area contributed by atoms with Gasteiger partial charge in [0.15, 0.2) is 0 Å². The molecule has 1 saturated heterocycles. The third-order valence-corrected chi connectivity index (χ3v) is 6.18. The van der Waals surface area contributed by atoms with Crippen LogP contribution in [0, 0.1) is 11.7 Å². The molecule has 2 aliphatic rings. The smallest absolute Gasteiger partial charge is 0.255 e. The van der Waals surface area contributed by atoms with Crippen molar-refractivity contribution in [3.63, 3.8) is 0 Å². The Morgan fingerprint density at radius 1 is 0.921 bits per heavy atom. The van der Waals surface area contributed by atoms with Crippen molar-refractivity contribution >= 4 is 41.7 Å². The van der Waals surface area contributed by atoms with Gasteiger partial charge >= 0.3 is 0 Å². The Morgan fingerprint density at radius 3 is 2.18 bits per heavy atom. The van der Waals surface area contributed by atoms with Crippen molar-refractivity contribution in [3.05, 3.63) is 88.1 Å². The summed E-state index contributed by atoms with van der Waals surface area (Å²) in [5.74, 6) is 0.267. The lowest BCUT2D eigenvalue weighted by atomic mass is 10.1. The Kier molecular flexibility index (Phi) is 11.0. The van der Waals surface area contributed by atoms with E-state index in [1.165, 1.54) is 42.0 Å². The lowest BCUT2D eigenvalue weighted by Gasteiger charge is -2.26. The molecule has 3 amide bonds. The van der Waals surface area contributed by atoms with Gasteiger partial charge in [0, 0.05) is 48.0 Å². The number of hydrogen-bond donors (Lipinski definition) is 2. The number of aromatic nitrogens is 1. The van der Waals surface area contributed by atoms with Crippen molar-refractivity contribution in [3.8, 4) is 5.69 Å². The number of piperidine rings is 1. The van der Waals surface area contributed by atoms with Crippen LogP contribution in [0.25, 0.3) is 5.69 Å². The van der Waals surface area contributed by atoms with E-state index >= 15 is 0 Å². The van der Waals surface area contributed by atoms with E-state index in [2.05, 4.69) is 15.5 Å². The molecule has 8 nitrogen and oxygen atoms in total. The first kappa shape index (κ1) is 28.6. The highest BCUT2D eigenvalue weighted by Crippen LogP contribution is 2.31. The maximum Gasteiger partial charge on any atom is 0.255 e. The number of amides is 3. The average Bonchev–Trinajstić information content (AvgIpc) is 3.78. The molecule has 0 radical (unpaired) electrons. The van der Waals surface area contributed by atoms with Crippen molar-refractivity contribution in [2.24, 2.45) is 5.92 Å². The quantitative estimate of drug-likeness (QED) is 0.436. The normalized spacial score (nSPS) is 14.1. The highest BCUT2D eigenvalue weighted by Gasteiger charge is 2.33. The monoisotopic (exact) mass is 540 g/mol. The fourth-order valence-corrected chi connectivity index (χ4v) is 3.92. The number of pyridine rings is 1. The highest BCUT2D eigenvalue weighted by molar-refractivity contribution is 6.30. The molecule has 3 aromatic rings. The van der Waals surface area contributed by atoms with Gasteiger partial charge in [0.05, 0.1) is 11.4 Å². The summed E-state index contributed by atoms with van der Waals surface area (Å²) < 4.78 is 14.8. The minimum Gasteiger partial charge on any atom is -0.342 e. The summed E-state index contributed by atoms with van der Waals surface area (Å²) in [6, 6.07) is 15.7. The van der Waals surface area contributed by atoms with E-state index in [0.29, 0.717) is 35.4 Å². The summed E-state index contributed by atoms with van der Waals surface area (Å²) in [4.78, 5) is 45.2. The third-order valence-electron chi connectivity index (χ3n) is 5.93. The number of hydrogen-bond acceptors (Lipinski definition) is 4. The summed E-state index contributed by atoms with van der Waals surface area (Å²) in [5.41, 5.74) is 0.986. The van der Waals surface area contributed by atoms with Gasteiger partial charge < -0.3 is 15.5 Å². The van der Waals surface area contributed by atoms with E-state index in [4.69, 9.17) is 11.6 Å². The van der Waals surface area contributed by atoms with Gasteiger partial charge in [-0.1, -0.05) is 17.7 Å². The Labute approximate surface area is 225 Å². The van der Waals surface area contributed by atoms with Crippen LogP contribution in [0.4, 0.5) is 15.8 Å². The number of carbonyl (C=O) groups is 3. The van der Waals surface area contributed by atoms with Crippen molar-refractivity contribution in [1.29, 1.82) is 0 Å². The van der Waals surface area contributed by atoms with Gasteiger partial charge in [-0.3, -0.25) is 23.7 Å². The number of nitrogens with zero attached hydrogens (tertiary/aromatic N) is 2. The summed E-state index contributed by atoms with van der Waals surface area (Å²) in [7, 11) is 0. The van der Waals surface area contributed by atoms with Crippen LogP contribution >= 0.6 is 11.6 Å². The second-order valence-corrected chi connectivity index (χ2v) is 9.20. The number of nitrogens with one attached hydrogen (secondary N) is 2. The molecule has 1 aliphatic carbocycles. The van der Waals surface area contributed by atoms with E-state index in [9.17, 15) is 23.6 Å². The van der Waals surface area contributed by atoms with Crippen LogP contribution in [-0.4, -0.2) is 41.3 Å². The standard InChI is InChI=1S/C12H9FN2O2.C9H15NO.C7H6ClNO/c13-10-7-9(4-5-11(10)14-8-16)15-6-2-1-3-12(15)17;11-9(8-4-5-8)10-6-2-1-3-7-10;8-6-1-3-7(4-2-6)9-5-10/h1-8H,(H,14,16);8H,1-7H2;1-5H,(H,9,10). The molecule has 2 N–H and O–H groups in total. The van der Waals surface area contributed by atoms with Crippen LogP contribution < -0.4 is 16.2 Å². The molecule has 0 atom stereocenters. The maximum atomic E-state index is 13.5. The lowest BCUT2D eigenvalue weighted by molar-refractivity contribution is -0.133.